The topological polar surface area (TPSA) is 54.4 Å². The molecular formula is C16H24N2O2S. The molecule has 2 aromatic rings. The standard InChI is InChI=1S/C16H24N2O2S/c1-11(2)12(3)7-17-8-13(19)10-20-15-5-4-6-16-14(15)9-18-21-16/h4-6,9,11-13,17,19H,7-8,10H2,1-3H3. The van der Waals surface area contributed by atoms with Crippen LogP contribution < -0.4 is 10.1 Å². The van der Waals surface area contributed by atoms with Gasteiger partial charge in [-0.2, -0.15) is 4.37 Å². The van der Waals surface area contributed by atoms with E-state index in [1.165, 1.54) is 11.5 Å². The third-order valence-electron chi connectivity index (χ3n) is 3.77. The number of aliphatic hydroxyl groups excluding tert-OH is 1. The van der Waals surface area contributed by atoms with Crippen molar-refractivity contribution < 1.29 is 9.84 Å². The highest BCUT2D eigenvalue weighted by Gasteiger charge is 2.10. The van der Waals surface area contributed by atoms with Gasteiger partial charge >= 0.3 is 0 Å². The zero-order valence-corrected chi connectivity index (χ0v) is 13.7. The van der Waals surface area contributed by atoms with Crippen LogP contribution >= 0.6 is 11.5 Å². The van der Waals surface area contributed by atoms with Crippen molar-refractivity contribution in [3.63, 3.8) is 0 Å². The number of hydrogen-bond donors (Lipinski definition) is 2. The van der Waals surface area contributed by atoms with Crippen LogP contribution in [-0.2, 0) is 0 Å². The molecule has 0 bridgehead atoms. The SMILES string of the molecule is CC(C)C(C)CNCC(O)COc1cccc2sncc12. The van der Waals surface area contributed by atoms with Gasteiger partial charge in [-0.3, -0.25) is 0 Å². The molecule has 1 aromatic heterocycles. The minimum atomic E-state index is -0.508. The van der Waals surface area contributed by atoms with Crippen molar-refractivity contribution in [3.8, 4) is 5.75 Å². The van der Waals surface area contributed by atoms with Crippen LogP contribution in [0.25, 0.3) is 10.1 Å². The van der Waals surface area contributed by atoms with Crippen LogP contribution in [0.4, 0.5) is 0 Å². The van der Waals surface area contributed by atoms with Gasteiger partial charge in [0.05, 0.1) is 16.3 Å². The highest BCUT2D eigenvalue weighted by molar-refractivity contribution is 7.13. The molecule has 116 valence electrons. The van der Waals surface area contributed by atoms with E-state index in [4.69, 9.17) is 4.74 Å². The molecule has 4 nitrogen and oxygen atoms in total. The van der Waals surface area contributed by atoms with Crippen molar-refractivity contribution in [2.24, 2.45) is 11.8 Å². The molecule has 0 radical (unpaired) electrons. The minimum Gasteiger partial charge on any atom is -0.490 e. The Hall–Kier alpha value is -1.17. The number of aliphatic hydroxyl groups is 1. The molecule has 2 atom stereocenters. The molecule has 5 heteroatoms. The molecular weight excluding hydrogens is 284 g/mol. The highest BCUT2D eigenvalue weighted by Crippen LogP contribution is 2.27. The number of rotatable bonds is 8. The molecule has 2 N–H and O–H groups in total. The van der Waals surface area contributed by atoms with Gasteiger partial charge in [0.1, 0.15) is 18.5 Å². The van der Waals surface area contributed by atoms with E-state index in [-0.39, 0.29) is 6.61 Å². The van der Waals surface area contributed by atoms with Gasteiger partial charge in [0, 0.05) is 6.54 Å². The Morgan fingerprint density at radius 1 is 1.29 bits per heavy atom. The van der Waals surface area contributed by atoms with Crippen LogP contribution in [-0.4, -0.2) is 35.3 Å². The minimum absolute atomic E-state index is 0.290. The van der Waals surface area contributed by atoms with Gasteiger partial charge in [0.25, 0.3) is 0 Å². The molecule has 1 heterocycles. The summed E-state index contributed by atoms with van der Waals surface area (Å²) in [5.74, 6) is 2.04. The zero-order chi connectivity index (χ0) is 15.2. The molecule has 0 amide bonds. The molecule has 21 heavy (non-hydrogen) atoms. The van der Waals surface area contributed by atoms with Crippen molar-refractivity contribution >= 4 is 21.6 Å². The van der Waals surface area contributed by atoms with Crippen LogP contribution in [0, 0.1) is 11.8 Å². The molecule has 0 aliphatic heterocycles. The summed E-state index contributed by atoms with van der Waals surface area (Å²) >= 11 is 1.45. The first-order valence-electron chi connectivity index (χ1n) is 7.43. The zero-order valence-electron chi connectivity index (χ0n) is 12.9. The number of benzene rings is 1. The summed E-state index contributed by atoms with van der Waals surface area (Å²) in [6, 6.07) is 5.88. The second-order valence-electron chi connectivity index (χ2n) is 5.84. The number of fused-ring (bicyclic) bond motifs is 1. The Labute approximate surface area is 130 Å². The lowest BCUT2D eigenvalue weighted by atomic mass is 9.98. The maximum atomic E-state index is 9.98. The lowest BCUT2D eigenvalue weighted by Crippen LogP contribution is -2.34. The average molecular weight is 308 g/mol. The van der Waals surface area contributed by atoms with E-state index >= 15 is 0 Å². The van der Waals surface area contributed by atoms with Gasteiger partial charge in [-0.25, -0.2) is 0 Å². The Kier molecular flexibility index (Phi) is 5.96. The van der Waals surface area contributed by atoms with Gasteiger partial charge in [-0.1, -0.05) is 26.8 Å². The van der Waals surface area contributed by atoms with Crippen LogP contribution in [0.15, 0.2) is 24.4 Å². The maximum absolute atomic E-state index is 9.98. The number of hydrogen-bond acceptors (Lipinski definition) is 5. The van der Waals surface area contributed by atoms with E-state index in [0.717, 1.165) is 22.4 Å². The quantitative estimate of drug-likeness (QED) is 0.787. The fourth-order valence-corrected chi connectivity index (χ4v) is 2.61. The Bertz CT molecular complexity index is 556. The monoisotopic (exact) mass is 308 g/mol. The van der Waals surface area contributed by atoms with E-state index in [1.54, 1.807) is 0 Å². The average Bonchev–Trinajstić information content (AvgIpc) is 2.93. The lowest BCUT2D eigenvalue weighted by molar-refractivity contribution is 0.106. The predicted molar refractivity (Wildman–Crippen MR) is 88.0 cm³/mol. The second-order valence-corrected chi connectivity index (χ2v) is 6.67. The summed E-state index contributed by atoms with van der Waals surface area (Å²) in [5, 5.41) is 14.3. The number of aromatic nitrogens is 1. The summed E-state index contributed by atoms with van der Waals surface area (Å²) in [6.07, 6.45) is 1.30. The molecule has 0 aliphatic rings. The smallest absolute Gasteiger partial charge is 0.129 e. The Morgan fingerprint density at radius 3 is 2.86 bits per heavy atom. The van der Waals surface area contributed by atoms with E-state index in [2.05, 4.69) is 30.5 Å². The van der Waals surface area contributed by atoms with Gasteiger partial charge in [0.15, 0.2) is 0 Å². The van der Waals surface area contributed by atoms with Gasteiger partial charge in [-0.05, 0) is 42.0 Å². The molecule has 0 saturated carbocycles. The first-order valence-corrected chi connectivity index (χ1v) is 8.20. The number of ether oxygens (including phenoxy) is 1. The molecule has 1 aromatic carbocycles. The first kappa shape index (κ1) is 16.2. The van der Waals surface area contributed by atoms with Gasteiger partial charge < -0.3 is 15.2 Å². The van der Waals surface area contributed by atoms with E-state index in [9.17, 15) is 5.11 Å². The van der Waals surface area contributed by atoms with Gasteiger partial charge in [-0.15, -0.1) is 0 Å². The fraction of sp³-hybridized carbons (Fsp3) is 0.562. The molecule has 0 fully saturated rings. The maximum Gasteiger partial charge on any atom is 0.129 e. The van der Waals surface area contributed by atoms with Crippen molar-refractivity contribution in [2.45, 2.75) is 26.9 Å². The molecule has 2 unspecified atom stereocenters. The van der Waals surface area contributed by atoms with E-state index < -0.39 is 6.10 Å². The normalized spacial score (nSPS) is 14.5. The predicted octanol–water partition coefficient (Wildman–Crippen LogP) is 2.92. The van der Waals surface area contributed by atoms with Crippen LogP contribution in [0.1, 0.15) is 20.8 Å². The van der Waals surface area contributed by atoms with Crippen molar-refractivity contribution in [1.29, 1.82) is 0 Å². The van der Waals surface area contributed by atoms with E-state index in [0.29, 0.717) is 18.4 Å². The first-order chi connectivity index (χ1) is 10.1. The number of nitrogens with zero attached hydrogens (tertiary/aromatic N) is 1. The summed E-state index contributed by atoms with van der Waals surface area (Å²) in [6.45, 7) is 8.39. The van der Waals surface area contributed by atoms with Gasteiger partial charge in [0.2, 0.25) is 0 Å². The number of nitrogens with one attached hydrogen (secondary N) is 1. The summed E-state index contributed by atoms with van der Waals surface area (Å²) in [4.78, 5) is 0. The summed E-state index contributed by atoms with van der Waals surface area (Å²) < 4.78 is 11.0. The Morgan fingerprint density at radius 2 is 2.10 bits per heavy atom. The van der Waals surface area contributed by atoms with E-state index in [1.807, 2.05) is 24.4 Å². The lowest BCUT2D eigenvalue weighted by Gasteiger charge is -2.18. The third-order valence-corrected chi connectivity index (χ3v) is 4.54. The summed E-state index contributed by atoms with van der Waals surface area (Å²) in [7, 11) is 0. The van der Waals surface area contributed by atoms with Crippen molar-refractivity contribution in [3.05, 3.63) is 24.4 Å². The van der Waals surface area contributed by atoms with Crippen molar-refractivity contribution in [1.82, 2.24) is 9.69 Å². The molecule has 0 aliphatic carbocycles. The summed E-state index contributed by atoms with van der Waals surface area (Å²) in [5.41, 5.74) is 0. The highest BCUT2D eigenvalue weighted by atomic mass is 32.1. The molecule has 0 spiro atoms. The van der Waals surface area contributed by atoms with Crippen molar-refractivity contribution in [2.75, 3.05) is 19.7 Å². The van der Waals surface area contributed by atoms with Crippen LogP contribution in [0.2, 0.25) is 0 Å². The van der Waals surface area contributed by atoms with Crippen LogP contribution in [0.5, 0.6) is 5.75 Å². The second kappa shape index (κ2) is 7.73. The third kappa shape index (κ3) is 4.66. The van der Waals surface area contributed by atoms with Crippen LogP contribution in [0.3, 0.4) is 0 Å². The Balaban J connectivity index is 1.76. The largest absolute Gasteiger partial charge is 0.490 e. The fourth-order valence-electron chi connectivity index (χ4n) is 1.95. The molecule has 2 rings (SSSR count). The molecule has 0 saturated heterocycles.